The number of hydrogen-bond donors (Lipinski definition) is 1. The van der Waals surface area contributed by atoms with Crippen molar-refractivity contribution in [1.82, 2.24) is 0 Å². The molecule has 2 N–H and O–H groups in total. The van der Waals surface area contributed by atoms with Gasteiger partial charge in [-0.1, -0.05) is 0 Å². The molecular formula is C9H21NOSn. The first-order valence-electron chi connectivity index (χ1n) is 4.79. The van der Waals surface area contributed by atoms with E-state index in [9.17, 15) is 0 Å². The standard InChI is InChI=1S/C7H16N.C2H5O.Sn/c1-3-4-5-6-7(2)8;1-2-3;/h3,7H,4-6,8H2,1-2H3;2H2,1H3;/q;-1;+1. The Balaban J connectivity index is 3.13. The van der Waals surface area contributed by atoms with Gasteiger partial charge in [0.15, 0.2) is 0 Å². The molecule has 0 aromatic carbocycles. The zero-order chi connectivity index (χ0) is 9.40. The van der Waals surface area contributed by atoms with Crippen LogP contribution in [0.2, 0.25) is 3.93 Å². The molecule has 12 heavy (non-hydrogen) atoms. The van der Waals surface area contributed by atoms with Gasteiger partial charge < -0.3 is 0 Å². The molecule has 0 aliphatic rings. The predicted octanol–water partition coefficient (Wildman–Crippen LogP) is 1.97. The van der Waals surface area contributed by atoms with Crippen LogP contribution in [0, 0.1) is 0 Å². The molecule has 0 bridgehead atoms. The van der Waals surface area contributed by atoms with Crippen LogP contribution in [0.5, 0.6) is 0 Å². The zero-order valence-corrected chi connectivity index (χ0v) is 11.3. The zero-order valence-electron chi connectivity index (χ0n) is 8.47. The van der Waals surface area contributed by atoms with E-state index in [4.69, 9.17) is 8.81 Å². The van der Waals surface area contributed by atoms with Gasteiger partial charge in [-0.15, -0.1) is 0 Å². The Labute approximate surface area is 87.0 Å². The van der Waals surface area contributed by atoms with E-state index in [-0.39, 0.29) is 0 Å². The van der Waals surface area contributed by atoms with Gasteiger partial charge in [-0.2, -0.15) is 0 Å². The summed E-state index contributed by atoms with van der Waals surface area (Å²) < 4.78 is 6.35. The van der Waals surface area contributed by atoms with Crippen LogP contribution in [-0.4, -0.2) is 34.2 Å². The van der Waals surface area contributed by atoms with Crippen molar-refractivity contribution in [3.8, 4) is 0 Å². The van der Waals surface area contributed by atoms with Crippen LogP contribution in [0.3, 0.4) is 0 Å². The van der Waals surface area contributed by atoms with Crippen molar-refractivity contribution in [2.24, 2.45) is 5.73 Å². The molecule has 0 aliphatic carbocycles. The van der Waals surface area contributed by atoms with E-state index in [1.807, 2.05) is 0 Å². The van der Waals surface area contributed by atoms with E-state index in [1.165, 1.54) is 12.8 Å². The van der Waals surface area contributed by atoms with Crippen LogP contribution in [0.1, 0.15) is 40.0 Å². The van der Waals surface area contributed by atoms with Crippen molar-refractivity contribution in [2.75, 3.05) is 6.61 Å². The summed E-state index contributed by atoms with van der Waals surface area (Å²) in [6.45, 7) is 7.37. The van der Waals surface area contributed by atoms with Gasteiger partial charge in [0.2, 0.25) is 0 Å². The normalized spacial score (nSPS) is 16.0. The fraction of sp³-hybridized carbons (Fsp3) is 1.00. The van der Waals surface area contributed by atoms with E-state index in [0.29, 0.717) is 6.04 Å². The molecule has 0 aliphatic heterocycles. The summed E-state index contributed by atoms with van der Waals surface area (Å²) in [6.07, 6.45) is 3.75. The monoisotopic (exact) mass is 279 g/mol. The average Bonchev–Trinajstić information content (AvgIpc) is 2.00. The summed E-state index contributed by atoms with van der Waals surface area (Å²) in [5.41, 5.74) is 5.66. The van der Waals surface area contributed by atoms with Crippen molar-refractivity contribution in [1.29, 1.82) is 0 Å². The summed E-state index contributed by atoms with van der Waals surface area (Å²) in [6, 6.07) is 0.370. The van der Waals surface area contributed by atoms with Crippen LogP contribution in [0.4, 0.5) is 0 Å². The fourth-order valence-corrected chi connectivity index (χ4v) is 3.24. The molecule has 72 valence electrons. The quantitative estimate of drug-likeness (QED) is 0.722. The minimum absolute atomic E-state index is 0.370. The minimum atomic E-state index is -0.507. The Bertz CT molecular complexity index is 98.5. The van der Waals surface area contributed by atoms with Crippen molar-refractivity contribution in [2.45, 2.75) is 50.0 Å². The number of hydrogen-bond acceptors (Lipinski definition) is 2. The summed E-state index contributed by atoms with van der Waals surface area (Å²) >= 11 is -0.507. The second-order valence-electron chi connectivity index (χ2n) is 3.36. The molecular weight excluding hydrogens is 257 g/mol. The molecule has 0 aromatic rings. The first-order valence-corrected chi connectivity index (χ1v) is 7.61. The molecule has 0 rings (SSSR count). The molecule has 0 saturated heterocycles. The van der Waals surface area contributed by atoms with Gasteiger partial charge in [-0.3, -0.25) is 0 Å². The molecule has 0 aromatic heterocycles. The Kier molecular flexibility index (Phi) is 8.82. The van der Waals surface area contributed by atoms with Crippen LogP contribution in [-0.2, 0) is 3.07 Å². The molecule has 0 saturated carbocycles. The summed E-state index contributed by atoms with van der Waals surface area (Å²) in [5, 5.41) is 0. The molecule has 0 fully saturated rings. The van der Waals surface area contributed by atoms with Gasteiger partial charge in [-0.05, 0) is 0 Å². The molecule has 0 amide bonds. The first-order chi connectivity index (χ1) is 5.66. The third-order valence-electron chi connectivity index (χ3n) is 1.73. The van der Waals surface area contributed by atoms with Crippen LogP contribution in [0.25, 0.3) is 0 Å². The molecule has 3 heteroatoms. The van der Waals surface area contributed by atoms with Crippen molar-refractivity contribution >= 4 is 21.6 Å². The molecule has 2 radical (unpaired) electrons. The van der Waals surface area contributed by atoms with Crippen LogP contribution < -0.4 is 5.73 Å². The maximum atomic E-state index is 5.66. The van der Waals surface area contributed by atoms with Crippen LogP contribution in [0.15, 0.2) is 0 Å². The summed E-state index contributed by atoms with van der Waals surface area (Å²) in [7, 11) is 0. The SMILES string of the molecule is CC[O][Sn][CH](C)CCCC(C)N. The average molecular weight is 278 g/mol. The van der Waals surface area contributed by atoms with Crippen LogP contribution >= 0.6 is 0 Å². The topological polar surface area (TPSA) is 35.2 Å². The van der Waals surface area contributed by atoms with Gasteiger partial charge in [-0.25, -0.2) is 0 Å². The third kappa shape index (κ3) is 8.81. The molecule has 2 unspecified atom stereocenters. The van der Waals surface area contributed by atoms with Crippen molar-refractivity contribution in [3.05, 3.63) is 0 Å². The van der Waals surface area contributed by atoms with E-state index in [1.54, 1.807) is 0 Å². The molecule has 2 atom stereocenters. The van der Waals surface area contributed by atoms with Gasteiger partial charge in [0.25, 0.3) is 0 Å². The third-order valence-corrected chi connectivity index (χ3v) is 5.00. The summed E-state index contributed by atoms with van der Waals surface area (Å²) in [4.78, 5) is 0. The van der Waals surface area contributed by atoms with E-state index in [2.05, 4.69) is 20.8 Å². The summed E-state index contributed by atoms with van der Waals surface area (Å²) in [5.74, 6) is 0. The van der Waals surface area contributed by atoms with E-state index >= 15 is 0 Å². The second-order valence-corrected chi connectivity index (χ2v) is 7.67. The van der Waals surface area contributed by atoms with Gasteiger partial charge in [0.1, 0.15) is 0 Å². The predicted molar refractivity (Wildman–Crippen MR) is 54.3 cm³/mol. The molecule has 0 heterocycles. The second kappa shape index (κ2) is 8.32. The fourth-order valence-electron chi connectivity index (χ4n) is 1.03. The van der Waals surface area contributed by atoms with E-state index in [0.717, 1.165) is 17.0 Å². The van der Waals surface area contributed by atoms with Gasteiger partial charge in [0.05, 0.1) is 0 Å². The van der Waals surface area contributed by atoms with Crippen molar-refractivity contribution < 1.29 is 3.07 Å². The number of nitrogens with two attached hydrogens (primary N) is 1. The number of rotatable bonds is 7. The first kappa shape index (κ1) is 12.7. The molecule has 2 nitrogen and oxygen atoms in total. The Morgan fingerprint density at radius 1 is 1.33 bits per heavy atom. The molecule has 0 spiro atoms. The Hall–Kier alpha value is 0.719. The van der Waals surface area contributed by atoms with Gasteiger partial charge in [0, 0.05) is 0 Å². The Morgan fingerprint density at radius 3 is 2.50 bits per heavy atom. The Morgan fingerprint density at radius 2 is 2.00 bits per heavy atom. The van der Waals surface area contributed by atoms with Gasteiger partial charge >= 0.3 is 87.0 Å². The van der Waals surface area contributed by atoms with E-state index < -0.39 is 21.6 Å². The maximum absolute atomic E-state index is 5.66. The van der Waals surface area contributed by atoms with Crippen molar-refractivity contribution in [3.63, 3.8) is 0 Å².